The molecule has 0 saturated carbocycles. The molecule has 1 aliphatic rings. The van der Waals surface area contributed by atoms with Gasteiger partial charge in [0.05, 0.1) is 25.7 Å². The van der Waals surface area contributed by atoms with E-state index in [0.29, 0.717) is 6.42 Å². The van der Waals surface area contributed by atoms with Crippen molar-refractivity contribution in [3.63, 3.8) is 0 Å². The molecular formula is C17H26N2O2. The zero-order valence-electron chi connectivity index (χ0n) is 13.6. The van der Waals surface area contributed by atoms with Gasteiger partial charge in [-0.15, -0.1) is 0 Å². The lowest BCUT2D eigenvalue weighted by molar-refractivity contribution is -0.124. The molecule has 1 saturated heterocycles. The topological polar surface area (TPSA) is 42.4 Å². The summed E-state index contributed by atoms with van der Waals surface area (Å²) in [5.41, 5.74) is 2.14. The molecule has 1 unspecified atom stereocenters. The fraction of sp³-hybridized carbons (Fsp3) is 0.647. The first-order valence-electron chi connectivity index (χ1n) is 7.68. The van der Waals surface area contributed by atoms with Crippen molar-refractivity contribution >= 4 is 5.78 Å². The van der Waals surface area contributed by atoms with Crippen LogP contribution in [0.5, 0.6) is 0 Å². The van der Waals surface area contributed by atoms with Crippen LogP contribution in [0.1, 0.15) is 39.0 Å². The quantitative estimate of drug-likeness (QED) is 0.852. The largest absolute Gasteiger partial charge is 0.379 e. The fourth-order valence-corrected chi connectivity index (χ4v) is 2.47. The van der Waals surface area contributed by atoms with Crippen LogP contribution in [0, 0.1) is 0 Å². The maximum Gasteiger partial charge on any atom is 0.155 e. The van der Waals surface area contributed by atoms with Crippen molar-refractivity contribution in [2.45, 2.75) is 45.6 Å². The van der Waals surface area contributed by atoms with E-state index in [9.17, 15) is 4.79 Å². The summed E-state index contributed by atoms with van der Waals surface area (Å²) in [5.74, 6) is 0.230. The molecule has 2 rings (SSSR count). The standard InChI is InChI=1S/C17H26N2O2/c1-13(19-7-9-21-10-8-19)16(20)11-15-6-5-14(12-18-15)17(2,3)4/h5-6,12-13H,7-11H2,1-4H3. The first-order valence-corrected chi connectivity index (χ1v) is 7.68. The Morgan fingerprint density at radius 2 is 2.00 bits per heavy atom. The van der Waals surface area contributed by atoms with Gasteiger partial charge in [0.1, 0.15) is 0 Å². The molecule has 4 nitrogen and oxygen atoms in total. The SMILES string of the molecule is CC(C(=O)Cc1ccc(C(C)(C)C)cn1)N1CCOCC1. The maximum absolute atomic E-state index is 12.4. The van der Waals surface area contributed by atoms with Crippen LogP contribution in [0.3, 0.4) is 0 Å². The Morgan fingerprint density at radius 3 is 2.52 bits per heavy atom. The minimum Gasteiger partial charge on any atom is -0.379 e. The molecule has 0 aromatic carbocycles. The minimum atomic E-state index is -0.0574. The van der Waals surface area contributed by atoms with Crippen LogP contribution in [-0.4, -0.2) is 48.0 Å². The Balaban J connectivity index is 1.95. The summed E-state index contributed by atoms with van der Waals surface area (Å²) in [6, 6.07) is 4.00. The molecule has 0 spiro atoms. The van der Waals surface area contributed by atoms with Crippen LogP contribution in [-0.2, 0) is 21.4 Å². The van der Waals surface area contributed by atoms with Crippen LogP contribution >= 0.6 is 0 Å². The number of nitrogens with zero attached hydrogens (tertiary/aromatic N) is 2. The molecule has 116 valence electrons. The van der Waals surface area contributed by atoms with Gasteiger partial charge in [0.2, 0.25) is 0 Å². The number of rotatable bonds is 4. The predicted octanol–water partition coefficient (Wildman–Crippen LogP) is 2.21. The number of ketones is 1. The number of carbonyl (C=O) groups is 1. The van der Waals surface area contributed by atoms with Gasteiger partial charge >= 0.3 is 0 Å². The lowest BCUT2D eigenvalue weighted by atomic mass is 9.88. The van der Waals surface area contributed by atoms with E-state index in [1.165, 1.54) is 5.56 Å². The number of carbonyl (C=O) groups excluding carboxylic acids is 1. The molecule has 1 aromatic rings. The molecule has 0 radical (unpaired) electrons. The number of pyridine rings is 1. The Bertz CT molecular complexity index is 471. The van der Waals surface area contributed by atoms with Gasteiger partial charge in [0.15, 0.2) is 5.78 Å². The van der Waals surface area contributed by atoms with Crippen molar-refractivity contribution in [3.05, 3.63) is 29.6 Å². The van der Waals surface area contributed by atoms with Gasteiger partial charge in [-0.3, -0.25) is 14.7 Å². The second kappa shape index (κ2) is 6.67. The minimum absolute atomic E-state index is 0.0574. The molecule has 0 N–H and O–H groups in total. The molecule has 4 heteroatoms. The molecule has 1 aromatic heterocycles. The van der Waals surface area contributed by atoms with E-state index in [1.807, 2.05) is 19.2 Å². The van der Waals surface area contributed by atoms with Crippen molar-refractivity contribution in [2.75, 3.05) is 26.3 Å². The maximum atomic E-state index is 12.4. The Morgan fingerprint density at radius 1 is 1.33 bits per heavy atom. The van der Waals surface area contributed by atoms with Crippen molar-refractivity contribution in [3.8, 4) is 0 Å². The number of aromatic nitrogens is 1. The van der Waals surface area contributed by atoms with Crippen molar-refractivity contribution in [1.29, 1.82) is 0 Å². The van der Waals surface area contributed by atoms with E-state index in [0.717, 1.165) is 32.0 Å². The molecule has 21 heavy (non-hydrogen) atoms. The monoisotopic (exact) mass is 290 g/mol. The van der Waals surface area contributed by atoms with Gasteiger partial charge in [0, 0.05) is 25.0 Å². The molecular weight excluding hydrogens is 264 g/mol. The van der Waals surface area contributed by atoms with Crippen LogP contribution < -0.4 is 0 Å². The smallest absolute Gasteiger partial charge is 0.155 e. The lowest BCUT2D eigenvalue weighted by Gasteiger charge is -2.31. The number of Topliss-reactive ketones (excluding diaryl/α,β-unsaturated/α-hetero) is 1. The molecule has 0 amide bonds. The summed E-state index contributed by atoms with van der Waals surface area (Å²) in [7, 11) is 0. The van der Waals surface area contributed by atoms with Gasteiger partial charge in [-0.1, -0.05) is 26.8 Å². The lowest BCUT2D eigenvalue weighted by Crippen LogP contribution is -2.46. The van der Waals surface area contributed by atoms with Gasteiger partial charge < -0.3 is 4.74 Å². The highest BCUT2D eigenvalue weighted by Crippen LogP contribution is 2.21. The summed E-state index contributed by atoms with van der Waals surface area (Å²) in [6.07, 6.45) is 2.30. The zero-order valence-corrected chi connectivity index (χ0v) is 13.6. The van der Waals surface area contributed by atoms with E-state index < -0.39 is 0 Å². The van der Waals surface area contributed by atoms with Gasteiger partial charge in [0.25, 0.3) is 0 Å². The first kappa shape index (κ1) is 16.1. The average molecular weight is 290 g/mol. The Kier molecular flexibility index (Phi) is 5.12. The molecule has 0 aliphatic carbocycles. The van der Waals surface area contributed by atoms with Gasteiger partial charge in [-0.25, -0.2) is 0 Å². The third-order valence-corrected chi connectivity index (χ3v) is 4.11. The summed E-state index contributed by atoms with van der Waals surface area (Å²) in [6.45, 7) is 11.6. The van der Waals surface area contributed by atoms with Gasteiger partial charge in [-0.2, -0.15) is 0 Å². The summed E-state index contributed by atoms with van der Waals surface area (Å²) in [4.78, 5) is 19.0. The van der Waals surface area contributed by atoms with E-state index in [2.05, 4.69) is 36.7 Å². The molecule has 1 fully saturated rings. The predicted molar refractivity (Wildman–Crippen MR) is 83.5 cm³/mol. The number of hydrogen-bond donors (Lipinski definition) is 0. The van der Waals surface area contributed by atoms with Crippen LogP contribution in [0.4, 0.5) is 0 Å². The number of morpholine rings is 1. The van der Waals surface area contributed by atoms with Crippen LogP contribution in [0.15, 0.2) is 18.3 Å². The highest BCUT2D eigenvalue weighted by atomic mass is 16.5. The fourth-order valence-electron chi connectivity index (χ4n) is 2.47. The third-order valence-electron chi connectivity index (χ3n) is 4.11. The van der Waals surface area contributed by atoms with E-state index in [-0.39, 0.29) is 17.2 Å². The Labute approximate surface area is 127 Å². The van der Waals surface area contributed by atoms with Crippen molar-refractivity contribution in [2.24, 2.45) is 0 Å². The second-order valence-corrected chi connectivity index (χ2v) is 6.76. The van der Waals surface area contributed by atoms with E-state index in [4.69, 9.17) is 4.74 Å². The number of ether oxygens (including phenoxy) is 1. The highest BCUT2D eigenvalue weighted by molar-refractivity contribution is 5.85. The number of hydrogen-bond acceptors (Lipinski definition) is 4. The van der Waals surface area contributed by atoms with E-state index in [1.54, 1.807) is 0 Å². The molecule has 1 aliphatic heterocycles. The summed E-state index contributed by atoms with van der Waals surface area (Å²) < 4.78 is 5.33. The Hall–Kier alpha value is -1.26. The molecule has 2 heterocycles. The molecule has 0 bridgehead atoms. The normalized spacial score (nSPS) is 18.5. The van der Waals surface area contributed by atoms with Crippen LogP contribution in [0.2, 0.25) is 0 Å². The summed E-state index contributed by atoms with van der Waals surface area (Å²) >= 11 is 0. The first-order chi connectivity index (χ1) is 9.88. The van der Waals surface area contributed by atoms with Gasteiger partial charge in [-0.05, 0) is 24.0 Å². The van der Waals surface area contributed by atoms with Crippen molar-refractivity contribution in [1.82, 2.24) is 9.88 Å². The highest BCUT2D eigenvalue weighted by Gasteiger charge is 2.23. The average Bonchev–Trinajstić information content (AvgIpc) is 2.47. The van der Waals surface area contributed by atoms with Crippen molar-refractivity contribution < 1.29 is 9.53 Å². The van der Waals surface area contributed by atoms with Crippen LogP contribution in [0.25, 0.3) is 0 Å². The summed E-state index contributed by atoms with van der Waals surface area (Å²) in [5, 5.41) is 0. The molecule has 1 atom stereocenters. The second-order valence-electron chi connectivity index (χ2n) is 6.76. The zero-order chi connectivity index (χ0) is 15.5. The third kappa shape index (κ3) is 4.35. The van der Waals surface area contributed by atoms with E-state index >= 15 is 0 Å².